The number of carbonyl (C=O) groups is 1. The van der Waals surface area contributed by atoms with E-state index in [0.29, 0.717) is 5.78 Å². The molecule has 1 saturated carbocycles. The number of Topliss-reactive ketones (excluding diaryl/α,β-unsaturated/α-hetero) is 1. The monoisotopic (exact) mass is 238 g/mol. The Morgan fingerprint density at radius 2 is 1.94 bits per heavy atom. The SMILES string of the molecule is CCCCCCCC(C)CCC1CCC(=O)C1. The molecular weight excluding hydrogens is 208 g/mol. The van der Waals surface area contributed by atoms with E-state index in [9.17, 15) is 4.79 Å². The van der Waals surface area contributed by atoms with Crippen LogP contribution in [0.2, 0.25) is 0 Å². The molecule has 0 spiro atoms. The van der Waals surface area contributed by atoms with Crippen molar-refractivity contribution in [3.63, 3.8) is 0 Å². The molecule has 0 aromatic carbocycles. The Morgan fingerprint density at radius 3 is 2.59 bits per heavy atom. The van der Waals surface area contributed by atoms with Crippen LogP contribution in [-0.4, -0.2) is 5.78 Å². The Kier molecular flexibility index (Phi) is 7.55. The maximum Gasteiger partial charge on any atom is 0.133 e. The summed E-state index contributed by atoms with van der Waals surface area (Å²) in [5.74, 6) is 2.10. The van der Waals surface area contributed by atoms with Gasteiger partial charge in [-0.2, -0.15) is 0 Å². The Bertz CT molecular complexity index is 210. The molecule has 1 nitrogen and oxygen atoms in total. The van der Waals surface area contributed by atoms with Crippen LogP contribution >= 0.6 is 0 Å². The van der Waals surface area contributed by atoms with E-state index in [1.54, 1.807) is 0 Å². The molecule has 0 saturated heterocycles. The summed E-state index contributed by atoms with van der Waals surface area (Å²) in [6.45, 7) is 4.65. The van der Waals surface area contributed by atoms with Gasteiger partial charge in [0.05, 0.1) is 0 Å². The maximum atomic E-state index is 11.2. The normalized spacial score (nSPS) is 22.0. The molecule has 1 heteroatoms. The third-order valence-electron chi connectivity index (χ3n) is 4.22. The zero-order chi connectivity index (χ0) is 12.5. The average molecular weight is 238 g/mol. The van der Waals surface area contributed by atoms with Crippen LogP contribution in [0.3, 0.4) is 0 Å². The number of unbranched alkanes of at least 4 members (excludes halogenated alkanes) is 4. The molecule has 0 aromatic heterocycles. The van der Waals surface area contributed by atoms with Crippen molar-refractivity contribution in [3.05, 3.63) is 0 Å². The number of rotatable bonds is 9. The Balaban J connectivity index is 1.94. The Hall–Kier alpha value is -0.330. The molecule has 100 valence electrons. The molecule has 2 unspecified atom stereocenters. The lowest BCUT2D eigenvalue weighted by Gasteiger charge is -2.14. The van der Waals surface area contributed by atoms with E-state index in [2.05, 4.69) is 13.8 Å². The van der Waals surface area contributed by atoms with Crippen molar-refractivity contribution in [1.82, 2.24) is 0 Å². The molecule has 2 atom stereocenters. The number of carbonyl (C=O) groups excluding carboxylic acids is 1. The third kappa shape index (κ3) is 6.85. The second-order valence-corrected chi connectivity index (χ2v) is 6.03. The lowest BCUT2D eigenvalue weighted by atomic mass is 9.92. The van der Waals surface area contributed by atoms with Crippen molar-refractivity contribution in [3.8, 4) is 0 Å². The van der Waals surface area contributed by atoms with Gasteiger partial charge >= 0.3 is 0 Å². The van der Waals surface area contributed by atoms with Crippen molar-refractivity contribution < 1.29 is 4.79 Å². The molecular formula is C16H30O. The first-order valence-corrected chi connectivity index (χ1v) is 7.74. The number of hydrogen-bond acceptors (Lipinski definition) is 1. The van der Waals surface area contributed by atoms with Gasteiger partial charge in [0, 0.05) is 12.8 Å². The molecule has 1 aliphatic rings. The van der Waals surface area contributed by atoms with E-state index in [1.165, 1.54) is 57.8 Å². The van der Waals surface area contributed by atoms with Crippen LogP contribution in [0.25, 0.3) is 0 Å². The first kappa shape index (κ1) is 14.7. The van der Waals surface area contributed by atoms with Gasteiger partial charge in [0.2, 0.25) is 0 Å². The fourth-order valence-corrected chi connectivity index (χ4v) is 2.90. The largest absolute Gasteiger partial charge is 0.300 e. The van der Waals surface area contributed by atoms with Crippen molar-refractivity contribution in [2.45, 2.75) is 84.5 Å². The highest BCUT2D eigenvalue weighted by Gasteiger charge is 2.21. The molecule has 1 fully saturated rings. The summed E-state index contributed by atoms with van der Waals surface area (Å²) in [5.41, 5.74) is 0. The highest BCUT2D eigenvalue weighted by atomic mass is 16.1. The number of hydrogen-bond donors (Lipinski definition) is 0. The van der Waals surface area contributed by atoms with E-state index >= 15 is 0 Å². The summed E-state index contributed by atoms with van der Waals surface area (Å²) in [4.78, 5) is 11.2. The van der Waals surface area contributed by atoms with Crippen LogP contribution < -0.4 is 0 Å². The zero-order valence-corrected chi connectivity index (χ0v) is 11.8. The van der Waals surface area contributed by atoms with Crippen molar-refractivity contribution in [1.29, 1.82) is 0 Å². The lowest BCUT2D eigenvalue weighted by Crippen LogP contribution is -2.01. The summed E-state index contributed by atoms with van der Waals surface area (Å²) >= 11 is 0. The summed E-state index contributed by atoms with van der Waals surface area (Å²) in [5, 5.41) is 0. The van der Waals surface area contributed by atoms with Gasteiger partial charge in [-0.1, -0.05) is 58.8 Å². The third-order valence-corrected chi connectivity index (χ3v) is 4.22. The minimum absolute atomic E-state index is 0.502. The van der Waals surface area contributed by atoms with Crippen LogP contribution in [0.5, 0.6) is 0 Å². The summed E-state index contributed by atoms with van der Waals surface area (Å²) in [6, 6.07) is 0. The van der Waals surface area contributed by atoms with E-state index in [1.807, 2.05) is 0 Å². The molecule has 1 aliphatic carbocycles. The van der Waals surface area contributed by atoms with Gasteiger partial charge in [-0.25, -0.2) is 0 Å². The second kappa shape index (κ2) is 8.72. The smallest absolute Gasteiger partial charge is 0.133 e. The molecule has 1 rings (SSSR count). The van der Waals surface area contributed by atoms with Crippen LogP contribution in [0.15, 0.2) is 0 Å². The predicted molar refractivity (Wildman–Crippen MR) is 74.1 cm³/mol. The van der Waals surface area contributed by atoms with Crippen molar-refractivity contribution in [2.24, 2.45) is 11.8 Å². The molecule has 0 aliphatic heterocycles. The molecule has 0 bridgehead atoms. The fourth-order valence-electron chi connectivity index (χ4n) is 2.90. The Labute approximate surface area is 107 Å². The highest BCUT2D eigenvalue weighted by Crippen LogP contribution is 2.28. The topological polar surface area (TPSA) is 17.1 Å². The van der Waals surface area contributed by atoms with Gasteiger partial charge in [-0.15, -0.1) is 0 Å². The molecule has 0 aromatic rings. The van der Waals surface area contributed by atoms with E-state index in [-0.39, 0.29) is 0 Å². The molecule has 0 N–H and O–H groups in total. The van der Waals surface area contributed by atoms with Crippen molar-refractivity contribution >= 4 is 5.78 Å². The van der Waals surface area contributed by atoms with Gasteiger partial charge in [0.1, 0.15) is 5.78 Å². The van der Waals surface area contributed by atoms with Gasteiger partial charge in [-0.05, 0) is 24.7 Å². The van der Waals surface area contributed by atoms with Gasteiger partial charge < -0.3 is 0 Å². The number of ketones is 1. The minimum Gasteiger partial charge on any atom is -0.300 e. The summed E-state index contributed by atoms with van der Waals surface area (Å²) in [7, 11) is 0. The average Bonchev–Trinajstić information content (AvgIpc) is 2.72. The molecule has 0 heterocycles. The predicted octanol–water partition coefficient (Wildman–Crippen LogP) is 5.13. The van der Waals surface area contributed by atoms with Gasteiger partial charge in [0.25, 0.3) is 0 Å². The fraction of sp³-hybridized carbons (Fsp3) is 0.938. The molecule has 0 radical (unpaired) electrons. The van der Waals surface area contributed by atoms with E-state index in [0.717, 1.165) is 24.7 Å². The van der Waals surface area contributed by atoms with Crippen LogP contribution in [0.4, 0.5) is 0 Å². The lowest BCUT2D eigenvalue weighted by molar-refractivity contribution is -0.117. The first-order valence-electron chi connectivity index (χ1n) is 7.74. The molecule has 0 amide bonds. The minimum atomic E-state index is 0.502. The van der Waals surface area contributed by atoms with E-state index in [4.69, 9.17) is 0 Å². The van der Waals surface area contributed by atoms with Crippen LogP contribution in [0.1, 0.15) is 84.5 Å². The second-order valence-electron chi connectivity index (χ2n) is 6.03. The van der Waals surface area contributed by atoms with Gasteiger partial charge in [0.15, 0.2) is 0 Å². The zero-order valence-electron chi connectivity index (χ0n) is 11.8. The molecule has 17 heavy (non-hydrogen) atoms. The van der Waals surface area contributed by atoms with Crippen molar-refractivity contribution in [2.75, 3.05) is 0 Å². The summed E-state index contributed by atoms with van der Waals surface area (Å²) in [6.07, 6.45) is 13.9. The summed E-state index contributed by atoms with van der Waals surface area (Å²) < 4.78 is 0. The van der Waals surface area contributed by atoms with Crippen LogP contribution in [0, 0.1) is 11.8 Å². The van der Waals surface area contributed by atoms with Crippen LogP contribution in [-0.2, 0) is 4.79 Å². The maximum absolute atomic E-state index is 11.2. The highest BCUT2D eigenvalue weighted by molar-refractivity contribution is 5.80. The first-order chi connectivity index (χ1) is 8.22. The quantitative estimate of drug-likeness (QED) is 0.509. The Morgan fingerprint density at radius 1 is 1.18 bits per heavy atom. The van der Waals surface area contributed by atoms with Gasteiger partial charge in [-0.3, -0.25) is 4.79 Å². The van der Waals surface area contributed by atoms with E-state index < -0.39 is 0 Å². The standard InChI is InChI=1S/C16H30O/c1-3-4-5-6-7-8-14(2)9-10-15-11-12-16(17)13-15/h14-15H,3-13H2,1-2H3.